The van der Waals surface area contributed by atoms with Gasteiger partial charge in [-0.15, -0.1) is 0 Å². The van der Waals surface area contributed by atoms with Crippen LogP contribution in [0.3, 0.4) is 0 Å². The van der Waals surface area contributed by atoms with E-state index in [0.717, 1.165) is 29.2 Å². The number of aliphatic hydroxyl groups is 1. The number of hydrogen-bond acceptors (Lipinski definition) is 4. The number of aryl methyl sites for hydroxylation is 1. The molecule has 0 radical (unpaired) electrons. The fourth-order valence-corrected chi connectivity index (χ4v) is 4.29. The van der Waals surface area contributed by atoms with Gasteiger partial charge < -0.3 is 10.4 Å². The molecule has 1 aliphatic rings. The molecule has 0 saturated heterocycles. The minimum absolute atomic E-state index is 0.124. The predicted molar refractivity (Wildman–Crippen MR) is 121 cm³/mol. The minimum atomic E-state index is -0.561. The van der Waals surface area contributed by atoms with Gasteiger partial charge in [0.2, 0.25) is 0 Å². The van der Waals surface area contributed by atoms with Gasteiger partial charge in [-0.2, -0.15) is 5.10 Å². The summed E-state index contributed by atoms with van der Waals surface area (Å²) < 4.78 is 1.99. The standard InChI is InChI=1S/C25H30N4O2/c1-16(2)29-24(27-23(28-29)18-9-5-4-6-10-18)19-12-13-22(30)21(15-19)26-25(31)20-11-7-8-17(3)14-20/h4-11,14,16,19,21-22,30H,12-13,15H2,1-3H3,(H,26,31)/t19-,21+,22+/m0/s1. The van der Waals surface area contributed by atoms with Crippen LogP contribution in [0.5, 0.6) is 0 Å². The van der Waals surface area contributed by atoms with Crippen molar-refractivity contribution in [3.8, 4) is 11.4 Å². The summed E-state index contributed by atoms with van der Waals surface area (Å²) in [5.74, 6) is 1.62. The molecule has 6 heteroatoms. The zero-order valence-corrected chi connectivity index (χ0v) is 18.3. The Morgan fingerprint density at radius 3 is 2.61 bits per heavy atom. The molecule has 3 aromatic rings. The fourth-order valence-electron chi connectivity index (χ4n) is 4.29. The maximum Gasteiger partial charge on any atom is 0.251 e. The molecule has 31 heavy (non-hydrogen) atoms. The topological polar surface area (TPSA) is 80.0 Å². The number of benzene rings is 2. The normalized spacial score (nSPS) is 21.3. The van der Waals surface area contributed by atoms with Crippen molar-refractivity contribution in [1.82, 2.24) is 20.1 Å². The quantitative estimate of drug-likeness (QED) is 0.649. The first-order valence-corrected chi connectivity index (χ1v) is 11.0. The molecular weight excluding hydrogens is 388 g/mol. The van der Waals surface area contributed by atoms with Crippen LogP contribution in [0.1, 0.15) is 66.8 Å². The summed E-state index contributed by atoms with van der Waals surface area (Å²) in [6.07, 6.45) is 1.51. The number of aliphatic hydroxyl groups excluding tert-OH is 1. The Balaban J connectivity index is 1.56. The highest BCUT2D eigenvalue weighted by Crippen LogP contribution is 2.34. The second-order valence-corrected chi connectivity index (χ2v) is 8.72. The molecule has 0 aliphatic heterocycles. The van der Waals surface area contributed by atoms with E-state index >= 15 is 0 Å². The lowest BCUT2D eigenvalue weighted by molar-refractivity contribution is 0.0667. The molecule has 1 heterocycles. The minimum Gasteiger partial charge on any atom is -0.391 e. The van der Waals surface area contributed by atoms with Gasteiger partial charge in [-0.1, -0.05) is 48.0 Å². The number of hydrogen-bond donors (Lipinski definition) is 2. The van der Waals surface area contributed by atoms with Crippen LogP contribution in [0.25, 0.3) is 11.4 Å². The van der Waals surface area contributed by atoms with E-state index in [1.54, 1.807) is 6.07 Å². The van der Waals surface area contributed by atoms with Gasteiger partial charge in [-0.3, -0.25) is 4.79 Å². The lowest BCUT2D eigenvalue weighted by atomic mass is 9.83. The monoisotopic (exact) mass is 418 g/mol. The first-order chi connectivity index (χ1) is 14.9. The summed E-state index contributed by atoms with van der Waals surface area (Å²) in [5, 5.41) is 18.4. The van der Waals surface area contributed by atoms with Crippen LogP contribution in [-0.2, 0) is 0 Å². The second kappa shape index (κ2) is 9.02. The molecule has 6 nitrogen and oxygen atoms in total. The Morgan fingerprint density at radius 1 is 1.13 bits per heavy atom. The Kier molecular flexibility index (Phi) is 6.18. The van der Waals surface area contributed by atoms with E-state index < -0.39 is 6.10 Å². The largest absolute Gasteiger partial charge is 0.391 e. The zero-order chi connectivity index (χ0) is 22.0. The van der Waals surface area contributed by atoms with Crippen LogP contribution in [0.2, 0.25) is 0 Å². The van der Waals surface area contributed by atoms with Crippen molar-refractivity contribution >= 4 is 5.91 Å². The third-order valence-electron chi connectivity index (χ3n) is 5.95. The SMILES string of the molecule is Cc1cccc(C(=O)N[C@@H]2C[C@@H](c3nc(-c4ccccc4)nn3C(C)C)CC[C@H]2O)c1. The van der Waals surface area contributed by atoms with Gasteiger partial charge in [-0.25, -0.2) is 9.67 Å². The lowest BCUT2D eigenvalue weighted by Crippen LogP contribution is -2.47. The number of nitrogens with zero attached hydrogens (tertiary/aromatic N) is 3. The van der Waals surface area contributed by atoms with E-state index in [2.05, 4.69) is 19.2 Å². The van der Waals surface area contributed by atoms with E-state index in [1.807, 2.05) is 60.1 Å². The maximum atomic E-state index is 12.8. The zero-order valence-electron chi connectivity index (χ0n) is 18.3. The molecular formula is C25H30N4O2. The summed E-state index contributed by atoms with van der Waals surface area (Å²) in [7, 11) is 0. The summed E-state index contributed by atoms with van der Waals surface area (Å²) in [4.78, 5) is 17.7. The van der Waals surface area contributed by atoms with Gasteiger partial charge in [0, 0.05) is 23.1 Å². The first-order valence-electron chi connectivity index (χ1n) is 11.0. The number of nitrogens with one attached hydrogen (secondary N) is 1. The van der Waals surface area contributed by atoms with Crippen LogP contribution in [-0.4, -0.2) is 37.9 Å². The molecule has 1 aromatic heterocycles. The first kappa shape index (κ1) is 21.2. The van der Waals surface area contributed by atoms with Crippen LogP contribution in [0.15, 0.2) is 54.6 Å². The Hall–Kier alpha value is -2.99. The van der Waals surface area contributed by atoms with Crippen LogP contribution < -0.4 is 5.32 Å². The fraction of sp³-hybridized carbons (Fsp3) is 0.400. The average molecular weight is 419 g/mol. The lowest BCUT2D eigenvalue weighted by Gasteiger charge is -2.33. The molecule has 2 aromatic carbocycles. The molecule has 0 unspecified atom stereocenters. The summed E-state index contributed by atoms with van der Waals surface area (Å²) in [6, 6.07) is 17.3. The van der Waals surface area contributed by atoms with Crippen molar-refractivity contribution in [2.45, 2.75) is 64.1 Å². The van der Waals surface area contributed by atoms with Crippen molar-refractivity contribution in [3.05, 3.63) is 71.5 Å². The van der Waals surface area contributed by atoms with Gasteiger partial charge in [-0.05, 0) is 52.2 Å². The number of rotatable bonds is 5. The van der Waals surface area contributed by atoms with E-state index in [-0.39, 0.29) is 23.9 Å². The number of carbonyl (C=O) groups excluding carboxylic acids is 1. The Bertz CT molecular complexity index is 1040. The summed E-state index contributed by atoms with van der Waals surface area (Å²) in [6.45, 7) is 6.16. The third-order valence-corrected chi connectivity index (χ3v) is 5.95. The maximum absolute atomic E-state index is 12.8. The van der Waals surface area contributed by atoms with Crippen molar-refractivity contribution in [2.24, 2.45) is 0 Å². The molecule has 1 saturated carbocycles. The number of aromatic nitrogens is 3. The van der Waals surface area contributed by atoms with Crippen molar-refractivity contribution in [1.29, 1.82) is 0 Å². The third kappa shape index (κ3) is 4.69. The van der Waals surface area contributed by atoms with E-state index in [9.17, 15) is 9.90 Å². The van der Waals surface area contributed by atoms with Gasteiger partial charge in [0.1, 0.15) is 5.82 Å². The molecule has 2 N–H and O–H groups in total. The van der Waals surface area contributed by atoms with Crippen molar-refractivity contribution in [3.63, 3.8) is 0 Å². The van der Waals surface area contributed by atoms with Gasteiger partial charge in [0.15, 0.2) is 5.82 Å². The molecule has 0 bridgehead atoms. The molecule has 0 spiro atoms. The van der Waals surface area contributed by atoms with E-state index in [0.29, 0.717) is 18.4 Å². The van der Waals surface area contributed by atoms with Crippen molar-refractivity contribution in [2.75, 3.05) is 0 Å². The molecule has 1 fully saturated rings. The highest BCUT2D eigenvalue weighted by molar-refractivity contribution is 5.94. The van der Waals surface area contributed by atoms with E-state index in [1.165, 1.54) is 0 Å². The second-order valence-electron chi connectivity index (χ2n) is 8.72. The van der Waals surface area contributed by atoms with Crippen LogP contribution >= 0.6 is 0 Å². The van der Waals surface area contributed by atoms with Gasteiger partial charge in [0.25, 0.3) is 5.91 Å². The van der Waals surface area contributed by atoms with Gasteiger partial charge >= 0.3 is 0 Å². The van der Waals surface area contributed by atoms with Gasteiger partial charge in [0.05, 0.1) is 12.1 Å². The molecule has 1 aliphatic carbocycles. The molecule has 3 atom stereocenters. The molecule has 1 amide bonds. The smallest absolute Gasteiger partial charge is 0.251 e. The Morgan fingerprint density at radius 2 is 1.90 bits per heavy atom. The highest BCUT2D eigenvalue weighted by atomic mass is 16.3. The van der Waals surface area contributed by atoms with E-state index in [4.69, 9.17) is 10.1 Å². The highest BCUT2D eigenvalue weighted by Gasteiger charge is 2.34. The summed E-state index contributed by atoms with van der Waals surface area (Å²) >= 11 is 0. The summed E-state index contributed by atoms with van der Waals surface area (Å²) in [5.41, 5.74) is 2.64. The van der Waals surface area contributed by atoms with Crippen LogP contribution in [0.4, 0.5) is 0 Å². The molecule has 162 valence electrons. The number of amides is 1. The Labute approximate surface area is 183 Å². The molecule has 4 rings (SSSR count). The number of carbonyl (C=O) groups is 1. The van der Waals surface area contributed by atoms with Crippen molar-refractivity contribution < 1.29 is 9.90 Å². The average Bonchev–Trinajstić information content (AvgIpc) is 3.22. The predicted octanol–water partition coefficient (Wildman–Crippen LogP) is 4.26. The van der Waals surface area contributed by atoms with Crippen LogP contribution in [0, 0.1) is 6.92 Å².